The van der Waals surface area contributed by atoms with Crippen molar-refractivity contribution in [3.63, 3.8) is 0 Å². The number of rotatable bonds is 2. The fourth-order valence-electron chi connectivity index (χ4n) is 1.67. The zero-order valence-corrected chi connectivity index (χ0v) is 8.56. The smallest absolute Gasteiger partial charge is 0.338 e. The van der Waals surface area contributed by atoms with Crippen LogP contribution in [-0.4, -0.2) is 12.1 Å². The standard InChI is InChI=1S/C13H14O2/c14-13(11-7-3-1-4-8-11)15-12-9-5-2-6-10-12/h1-5,7-8,12H,6,9-10H2/t12-/m0/s1. The summed E-state index contributed by atoms with van der Waals surface area (Å²) in [5.41, 5.74) is 0.632. The lowest BCUT2D eigenvalue weighted by Gasteiger charge is -2.18. The summed E-state index contributed by atoms with van der Waals surface area (Å²) in [6.07, 6.45) is 7.06. The molecule has 2 nitrogen and oxygen atoms in total. The van der Waals surface area contributed by atoms with Gasteiger partial charge >= 0.3 is 5.97 Å². The lowest BCUT2D eigenvalue weighted by Crippen LogP contribution is -2.19. The van der Waals surface area contributed by atoms with Crippen molar-refractivity contribution in [3.05, 3.63) is 48.0 Å². The van der Waals surface area contributed by atoms with Crippen LogP contribution in [-0.2, 0) is 4.74 Å². The van der Waals surface area contributed by atoms with Crippen molar-refractivity contribution in [2.24, 2.45) is 0 Å². The second kappa shape index (κ2) is 4.78. The summed E-state index contributed by atoms with van der Waals surface area (Å²) in [4.78, 5) is 11.7. The van der Waals surface area contributed by atoms with Gasteiger partial charge in [-0.05, 0) is 25.0 Å². The molecule has 0 spiro atoms. The average molecular weight is 202 g/mol. The quantitative estimate of drug-likeness (QED) is 0.544. The molecule has 1 atom stereocenters. The van der Waals surface area contributed by atoms with Crippen LogP contribution in [0.15, 0.2) is 42.5 Å². The minimum absolute atomic E-state index is 0.0581. The number of hydrogen-bond donors (Lipinski definition) is 0. The SMILES string of the molecule is O=C(O[C@H]1CC=CCC1)c1ccccc1. The summed E-state index contributed by atoms with van der Waals surface area (Å²) < 4.78 is 5.39. The summed E-state index contributed by atoms with van der Waals surface area (Å²) in [7, 11) is 0. The highest BCUT2D eigenvalue weighted by atomic mass is 16.5. The van der Waals surface area contributed by atoms with E-state index >= 15 is 0 Å². The van der Waals surface area contributed by atoms with Crippen LogP contribution in [0, 0.1) is 0 Å². The van der Waals surface area contributed by atoms with E-state index in [4.69, 9.17) is 4.74 Å². The number of ether oxygens (including phenoxy) is 1. The number of allylic oxidation sites excluding steroid dienone is 1. The van der Waals surface area contributed by atoms with Gasteiger partial charge in [-0.15, -0.1) is 0 Å². The van der Waals surface area contributed by atoms with Gasteiger partial charge in [0.25, 0.3) is 0 Å². The van der Waals surface area contributed by atoms with Crippen LogP contribution in [0.1, 0.15) is 29.6 Å². The van der Waals surface area contributed by atoms with E-state index in [1.165, 1.54) is 0 Å². The van der Waals surface area contributed by atoms with Gasteiger partial charge in [-0.25, -0.2) is 4.79 Å². The Balaban J connectivity index is 1.95. The van der Waals surface area contributed by atoms with Crippen molar-refractivity contribution in [2.75, 3.05) is 0 Å². The predicted molar refractivity (Wildman–Crippen MR) is 58.6 cm³/mol. The van der Waals surface area contributed by atoms with Crippen molar-refractivity contribution in [1.82, 2.24) is 0 Å². The topological polar surface area (TPSA) is 26.3 Å². The Bertz CT molecular complexity index is 354. The van der Waals surface area contributed by atoms with Crippen LogP contribution in [0.2, 0.25) is 0 Å². The van der Waals surface area contributed by atoms with Gasteiger partial charge in [-0.3, -0.25) is 0 Å². The molecule has 0 aliphatic heterocycles. The monoisotopic (exact) mass is 202 g/mol. The molecule has 1 aromatic rings. The molecule has 0 fully saturated rings. The second-order valence-electron chi connectivity index (χ2n) is 3.68. The summed E-state index contributed by atoms with van der Waals surface area (Å²) in [6, 6.07) is 9.14. The van der Waals surface area contributed by atoms with Gasteiger partial charge < -0.3 is 4.74 Å². The van der Waals surface area contributed by atoms with Crippen molar-refractivity contribution >= 4 is 5.97 Å². The highest BCUT2D eigenvalue weighted by Crippen LogP contribution is 2.16. The van der Waals surface area contributed by atoms with E-state index in [2.05, 4.69) is 12.2 Å². The molecule has 0 radical (unpaired) electrons. The van der Waals surface area contributed by atoms with Crippen LogP contribution in [0.5, 0.6) is 0 Å². The Labute approximate surface area is 89.6 Å². The molecule has 2 rings (SSSR count). The fourth-order valence-corrected chi connectivity index (χ4v) is 1.67. The van der Waals surface area contributed by atoms with Gasteiger partial charge in [0.05, 0.1) is 5.56 Å². The van der Waals surface area contributed by atoms with Gasteiger partial charge in [0.1, 0.15) is 6.10 Å². The Morgan fingerprint density at radius 3 is 2.67 bits per heavy atom. The molecule has 0 saturated heterocycles. The maximum absolute atomic E-state index is 11.7. The maximum Gasteiger partial charge on any atom is 0.338 e. The third-order valence-corrected chi connectivity index (χ3v) is 2.50. The summed E-state index contributed by atoms with van der Waals surface area (Å²) in [6.45, 7) is 0. The zero-order chi connectivity index (χ0) is 10.5. The highest BCUT2D eigenvalue weighted by molar-refractivity contribution is 5.89. The van der Waals surface area contributed by atoms with Crippen LogP contribution >= 0.6 is 0 Å². The third kappa shape index (κ3) is 2.69. The molecule has 0 heterocycles. The molecule has 1 aromatic carbocycles. The molecule has 0 unspecified atom stereocenters. The Morgan fingerprint density at radius 1 is 1.20 bits per heavy atom. The molecule has 0 N–H and O–H groups in total. The summed E-state index contributed by atoms with van der Waals surface area (Å²) in [5, 5.41) is 0. The van der Waals surface area contributed by atoms with E-state index < -0.39 is 0 Å². The molecule has 2 heteroatoms. The van der Waals surface area contributed by atoms with E-state index in [9.17, 15) is 4.79 Å². The number of benzene rings is 1. The van der Waals surface area contributed by atoms with Crippen LogP contribution in [0.4, 0.5) is 0 Å². The first-order chi connectivity index (χ1) is 7.36. The normalized spacial score (nSPS) is 19.9. The average Bonchev–Trinajstić information content (AvgIpc) is 2.31. The van der Waals surface area contributed by atoms with Crippen molar-refractivity contribution in [3.8, 4) is 0 Å². The van der Waals surface area contributed by atoms with E-state index in [0.717, 1.165) is 19.3 Å². The van der Waals surface area contributed by atoms with Gasteiger partial charge in [0.2, 0.25) is 0 Å². The summed E-state index contributed by atoms with van der Waals surface area (Å²) >= 11 is 0. The van der Waals surface area contributed by atoms with Gasteiger partial charge in [-0.2, -0.15) is 0 Å². The Kier molecular flexibility index (Phi) is 3.18. The minimum atomic E-state index is -0.212. The lowest BCUT2D eigenvalue weighted by atomic mass is 10.0. The van der Waals surface area contributed by atoms with Crippen LogP contribution in [0.3, 0.4) is 0 Å². The number of hydrogen-bond acceptors (Lipinski definition) is 2. The first-order valence-corrected chi connectivity index (χ1v) is 5.27. The lowest BCUT2D eigenvalue weighted by molar-refractivity contribution is 0.0282. The molecule has 78 valence electrons. The Morgan fingerprint density at radius 2 is 2.00 bits per heavy atom. The molecule has 1 aliphatic carbocycles. The largest absolute Gasteiger partial charge is 0.458 e. The Hall–Kier alpha value is -1.57. The summed E-state index contributed by atoms with van der Waals surface area (Å²) in [5.74, 6) is -0.212. The van der Waals surface area contributed by atoms with E-state index in [1.807, 2.05) is 18.2 Å². The van der Waals surface area contributed by atoms with Crippen molar-refractivity contribution in [2.45, 2.75) is 25.4 Å². The van der Waals surface area contributed by atoms with Gasteiger partial charge in [-0.1, -0.05) is 30.4 Å². The maximum atomic E-state index is 11.7. The van der Waals surface area contributed by atoms with E-state index in [1.54, 1.807) is 12.1 Å². The second-order valence-corrected chi connectivity index (χ2v) is 3.68. The van der Waals surface area contributed by atoms with Crippen molar-refractivity contribution in [1.29, 1.82) is 0 Å². The molecule has 0 saturated carbocycles. The number of carbonyl (C=O) groups is 1. The van der Waals surface area contributed by atoms with E-state index in [0.29, 0.717) is 5.56 Å². The molecule has 0 aromatic heterocycles. The third-order valence-electron chi connectivity index (χ3n) is 2.50. The number of esters is 1. The molecule has 0 bridgehead atoms. The van der Waals surface area contributed by atoms with Crippen LogP contribution < -0.4 is 0 Å². The zero-order valence-electron chi connectivity index (χ0n) is 8.56. The molecule has 15 heavy (non-hydrogen) atoms. The first kappa shape index (κ1) is 9.97. The van der Waals surface area contributed by atoms with Gasteiger partial charge in [0, 0.05) is 6.42 Å². The van der Waals surface area contributed by atoms with Gasteiger partial charge in [0.15, 0.2) is 0 Å². The molecule has 0 amide bonds. The number of carbonyl (C=O) groups excluding carboxylic acids is 1. The molecule has 1 aliphatic rings. The van der Waals surface area contributed by atoms with Crippen molar-refractivity contribution < 1.29 is 9.53 Å². The molecular weight excluding hydrogens is 188 g/mol. The van der Waals surface area contributed by atoms with E-state index in [-0.39, 0.29) is 12.1 Å². The first-order valence-electron chi connectivity index (χ1n) is 5.27. The highest BCUT2D eigenvalue weighted by Gasteiger charge is 2.15. The predicted octanol–water partition coefficient (Wildman–Crippen LogP) is 2.95. The fraction of sp³-hybridized carbons (Fsp3) is 0.308. The van der Waals surface area contributed by atoms with Crippen LogP contribution in [0.25, 0.3) is 0 Å². The minimum Gasteiger partial charge on any atom is -0.458 e. The molecular formula is C13H14O2.